The van der Waals surface area contributed by atoms with Gasteiger partial charge in [0.05, 0.1) is 16.8 Å². The molecule has 0 bridgehead atoms. The predicted molar refractivity (Wildman–Crippen MR) is 128 cm³/mol. The molecule has 0 aromatic heterocycles. The summed E-state index contributed by atoms with van der Waals surface area (Å²) in [5.74, 6) is -2.70. The molecule has 0 aliphatic carbocycles. The van der Waals surface area contributed by atoms with Crippen molar-refractivity contribution in [3.63, 3.8) is 0 Å². The number of nitrogens with one attached hydrogen (secondary N) is 2. The van der Waals surface area contributed by atoms with Gasteiger partial charge in [-0.15, -0.1) is 0 Å². The molecule has 0 spiro atoms. The van der Waals surface area contributed by atoms with Crippen LogP contribution in [0.15, 0.2) is 71.2 Å². The Balaban J connectivity index is 0.000000493. The maximum absolute atomic E-state index is 14.2. The molecule has 2 amide bonds. The summed E-state index contributed by atoms with van der Waals surface area (Å²) < 4.78 is 144. The normalized spacial score (nSPS) is 12.2. The van der Waals surface area contributed by atoms with Gasteiger partial charge in [0.25, 0.3) is 11.8 Å². The summed E-state index contributed by atoms with van der Waals surface area (Å²) in [5.41, 5.74) is -12.2. The van der Waals surface area contributed by atoms with Gasteiger partial charge in [-0.1, -0.05) is 30.3 Å². The quantitative estimate of drug-likeness (QED) is 0.276. The molecule has 0 aliphatic rings. The van der Waals surface area contributed by atoms with Gasteiger partial charge in [0, 0.05) is 22.6 Å². The third kappa shape index (κ3) is 7.54. The molecule has 0 saturated heterocycles. The first-order chi connectivity index (χ1) is 18.8. The van der Waals surface area contributed by atoms with Crippen molar-refractivity contribution in [2.45, 2.75) is 24.2 Å². The smallest absolute Gasteiger partial charge is 0.355 e. The number of rotatable bonds is 4. The minimum atomic E-state index is -6.66. The lowest BCUT2D eigenvalue weighted by atomic mass is 9.92. The minimum Gasteiger partial charge on any atom is -0.355 e. The van der Waals surface area contributed by atoms with E-state index >= 15 is 0 Å². The second-order valence-electron chi connectivity index (χ2n) is 7.91. The standard InChI is InChI=1S/C17H7BrF11NO.C8H9NO/c18-10-6-7(14(20,16(24,25)26)17(27,28)29)5-9(15(21,22)23)12(10)30-13(31)8-3-1-2-4-11(8)19;1-9-8(10)7-5-3-2-4-6-7/h1-6H,(H,30,31);2-6H,1H3,(H,9,10). The number of benzene rings is 3. The molecule has 41 heavy (non-hydrogen) atoms. The van der Waals surface area contributed by atoms with Crippen molar-refractivity contribution < 1.29 is 57.9 Å². The monoisotopic (exact) mass is 664 g/mol. The van der Waals surface area contributed by atoms with Gasteiger partial charge < -0.3 is 10.6 Å². The van der Waals surface area contributed by atoms with Crippen molar-refractivity contribution in [1.82, 2.24) is 5.32 Å². The minimum absolute atomic E-state index is 0.0411. The molecule has 2 N–H and O–H groups in total. The van der Waals surface area contributed by atoms with Crippen LogP contribution in [0.4, 0.5) is 54.0 Å². The lowest BCUT2D eigenvalue weighted by Gasteiger charge is -2.31. The van der Waals surface area contributed by atoms with Crippen molar-refractivity contribution in [2.75, 3.05) is 12.4 Å². The first-order valence-corrected chi connectivity index (χ1v) is 11.6. The van der Waals surface area contributed by atoms with E-state index in [0.717, 1.165) is 24.3 Å². The number of anilines is 1. The van der Waals surface area contributed by atoms with Crippen molar-refractivity contribution in [2.24, 2.45) is 0 Å². The van der Waals surface area contributed by atoms with Gasteiger partial charge in [-0.3, -0.25) is 9.59 Å². The Kier molecular flexibility index (Phi) is 10.2. The van der Waals surface area contributed by atoms with E-state index in [4.69, 9.17) is 0 Å². The maximum atomic E-state index is 14.2. The largest absolute Gasteiger partial charge is 0.435 e. The number of alkyl halides is 10. The number of hydrogen-bond donors (Lipinski definition) is 2. The maximum Gasteiger partial charge on any atom is 0.435 e. The molecule has 4 nitrogen and oxygen atoms in total. The van der Waals surface area contributed by atoms with Gasteiger partial charge in [0.1, 0.15) is 5.82 Å². The lowest BCUT2D eigenvalue weighted by Crippen LogP contribution is -2.50. The van der Waals surface area contributed by atoms with Crippen LogP contribution in [0.2, 0.25) is 0 Å². The van der Waals surface area contributed by atoms with Crippen LogP contribution in [0.1, 0.15) is 31.8 Å². The Labute approximate surface area is 232 Å². The average Bonchev–Trinajstić information content (AvgIpc) is 2.87. The van der Waals surface area contributed by atoms with E-state index < -0.39 is 68.8 Å². The van der Waals surface area contributed by atoms with Gasteiger partial charge in [0.2, 0.25) is 0 Å². The fourth-order valence-corrected chi connectivity index (χ4v) is 3.76. The Morgan fingerprint density at radius 1 is 0.732 bits per heavy atom. The number of halogens is 12. The topological polar surface area (TPSA) is 58.2 Å². The van der Waals surface area contributed by atoms with Gasteiger partial charge in [-0.2, -0.15) is 39.5 Å². The third-order valence-corrected chi connectivity index (χ3v) is 5.82. The molecule has 16 heteroatoms. The number of carbonyl (C=O) groups is 2. The highest BCUT2D eigenvalue weighted by Crippen LogP contribution is 2.55. The van der Waals surface area contributed by atoms with Crippen molar-refractivity contribution >= 4 is 33.4 Å². The van der Waals surface area contributed by atoms with E-state index in [0.29, 0.717) is 5.56 Å². The fraction of sp³-hybridized carbons (Fsp3) is 0.200. The van der Waals surface area contributed by atoms with E-state index in [2.05, 4.69) is 21.2 Å². The molecule has 0 radical (unpaired) electrons. The zero-order valence-electron chi connectivity index (χ0n) is 20.2. The number of hydrogen-bond acceptors (Lipinski definition) is 2. The SMILES string of the molecule is CNC(=O)c1ccccc1.O=C(Nc1c(Br)cc(C(F)(C(F)(F)F)C(F)(F)F)cc1C(F)(F)F)c1ccccc1F. The molecule has 3 aromatic carbocycles. The molecule has 0 aliphatic heterocycles. The summed E-state index contributed by atoms with van der Waals surface area (Å²) in [5, 5.41) is 4.11. The number of carbonyl (C=O) groups excluding carboxylic acids is 2. The fourth-order valence-electron chi connectivity index (χ4n) is 3.20. The highest BCUT2D eigenvalue weighted by Gasteiger charge is 2.73. The lowest BCUT2D eigenvalue weighted by molar-refractivity contribution is -0.348. The van der Waals surface area contributed by atoms with E-state index in [1.165, 1.54) is 0 Å². The Hall–Kier alpha value is -3.69. The summed E-state index contributed by atoms with van der Waals surface area (Å²) in [7, 11) is 1.62. The first-order valence-electron chi connectivity index (χ1n) is 10.8. The Morgan fingerprint density at radius 3 is 1.71 bits per heavy atom. The van der Waals surface area contributed by atoms with Gasteiger partial charge in [0.15, 0.2) is 0 Å². The second-order valence-corrected chi connectivity index (χ2v) is 8.77. The number of amides is 2. The van der Waals surface area contributed by atoms with Crippen molar-refractivity contribution in [3.05, 3.63) is 99.3 Å². The summed E-state index contributed by atoms with van der Waals surface area (Å²) in [6.07, 6.45) is -19.0. The third-order valence-electron chi connectivity index (χ3n) is 5.19. The van der Waals surface area contributed by atoms with Crippen LogP contribution in [0.25, 0.3) is 0 Å². The van der Waals surface area contributed by atoms with Gasteiger partial charge in [-0.25, -0.2) is 8.78 Å². The second kappa shape index (κ2) is 12.4. The van der Waals surface area contributed by atoms with Crippen LogP contribution < -0.4 is 10.6 Å². The zero-order valence-corrected chi connectivity index (χ0v) is 21.8. The molecule has 0 heterocycles. The average molecular weight is 665 g/mol. The molecule has 0 unspecified atom stereocenters. The molecular weight excluding hydrogens is 649 g/mol. The van der Waals surface area contributed by atoms with Crippen LogP contribution in [0.5, 0.6) is 0 Å². The van der Waals surface area contributed by atoms with Crippen LogP contribution in [-0.2, 0) is 11.8 Å². The Bertz CT molecular complexity index is 1380. The molecule has 3 aromatic rings. The van der Waals surface area contributed by atoms with E-state index in [-0.39, 0.29) is 12.0 Å². The summed E-state index contributed by atoms with van der Waals surface area (Å²) in [6, 6.07) is 12.1. The summed E-state index contributed by atoms with van der Waals surface area (Å²) in [6.45, 7) is 0. The molecule has 3 rings (SSSR count). The van der Waals surface area contributed by atoms with Crippen LogP contribution in [0, 0.1) is 5.82 Å². The molecule has 222 valence electrons. The highest BCUT2D eigenvalue weighted by atomic mass is 79.9. The molecule has 0 atom stereocenters. The summed E-state index contributed by atoms with van der Waals surface area (Å²) >= 11 is 2.33. The van der Waals surface area contributed by atoms with Crippen LogP contribution in [-0.4, -0.2) is 31.2 Å². The van der Waals surface area contributed by atoms with Gasteiger partial charge >= 0.3 is 24.2 Å². The molecule has 0 fully saturated rings. The van der Waals surface area contributed by atoms with Gasteiger partial charge in [-0.05, 0) is 52.3 Å². The molecular formula is C25H16BrF11N2O2. The van der Waals surface area contributed by atoms with Crippen LogP contribution >= 0.6 is 15.9 Å². The van der Waals surface area contributed by atoms with Crippen molar-refractivity contribution in [3.8, 4) is 0 Å². The van der Waals surface area contributed by atoms with E-state index in [9.17, 15) is 57.9 Å². The first kappa shape index (κ1) is 33.5. The van der Waals surface area contributed by atoms with Crippen molar-refractivity contribution in [1.29, 1.82) is 0 Å². The van der Waals surface area contributed by atoms with Crippen LogP contribution in [0.3, 0.4) is 0 Å². The predicted octanol–water partition coefficient (Wildman–Crippen LogP) is 8.19. The highest BCUT2D eigenvalue weighted by molar-refractivity contribution is 9.10. The van der Waals surface area contributed by atoms with E-state index in [1.807, 2.05) is 18.2 Å². The molecule has 0 saturated carbocycles. The van der Waals surface area contributed by atoms with E-state index in [1.54, 1.807) is 24.5 Å². The zero-order chi connectivity index (χ0) is 31.4. The summed E-state index contributed by atoms with van der Waals surface area (Å²) in [4.78, 5) is 23.0. The Morgan fingerprint density at radius 2 is 1.24 bits per heavy atom.